The zero-order valence-corrected chi connectivity index (χ0v) is 9.65. The van der Waals surface area contributed by atoms with Gasteiger partial charge in [0, 0.05) is 0 Å². The van der Waals surface area contributed by atoms with E-state index >= 15 is 0 Å². The summed E-state index contributed by atoms with van der Waals surface area (Å²) in [5.74, 6) is -0.198. The lowest BCUT2D eigenvalue weighted by Crippen LogP contribution is -2.53. The second-order valence-electron chi connectivity index (χ2n) is 4.58. The van der Waals surface area contributed by atoms with Gasteiger partial charge < -0.3 is 5.73 Å². The van der Waals surface area contributed by atoms with Gasteiger partial charge in [-0.25, -0.2) is 0 Å². The minimum absolute atomic E-state index is 0.198. The first-order valence-electron chi connectivity index (χ1n) is 5.70. The Bertz CT molecular complexity index is 377. The van der Waals surface area contributed by atoms with Crippen LogP contribution in [-0.2, 0) is 11.2 Å². The van der Waals surface area contributed by atoms with Crippen LogP contribution in [0.15, 0.2) is 30.3 Å². The standard InChI is InChI=1S/C13H18N2O/c1-15-9-5-8-13(15,12(14)16)10-11-6-3-2-4-7-11/h2-4,6-7H,5,8-10H2,1H3,(H2,14,16)/t13-/m0/s1. The minimum Gasteiger partial charge on any atom is -0.368 e. The van der Waals surface area contributed by atoms with E-state index in [9.17, 15) is 4.79 Å². The van der Waals surface area contributed by atoms with Gasteiger partial charge in [-0.15, -0.1) is 0 Å². The summed E-state index contributed by atoms with van der Waals surface area (Å²) in [6.45, 7) is 0.954. The fourth-order valence-corrected chi connectivity index (χ4v) is 2.57. The fraction of sp³-hybridized carbons (Fsp3) is 0.462. The molecule has 3 nitrogen and oxygen atoms in total. The summed E-state index contributed by atoms with van der Waals surface area (Å²) in [6, 6.07) is 10.1. The number of benzene rings is 1. The minimum atomic E-state index is -0.471. The van der Waals surface area contributed by atoms with Crippen molar-refractivity contribution in [3.63, 3.8) is 0 Å². The molecule has 2 rings (SSSR count). The maximum Gasteiger partial charge on any atom is 0.238 e. The number of nitrogens with zero attached hydrogens (tertiary/aromatic N) is 1. The molecule has 0 bridgehead atoms. The molecule has 1 aliphatic heterocycles. The second kappa shape index (κ2) is 4.26. The van der Waals surface area contributed by atoms with Crippen LogP contribution in [0, 0.1) is 0 Å². The monoisotopic (exact) mass is 218 g/mol. The Morgan fingerprint density at radius 3 is 2.62 bits per heavy atom. The maximum atomic E-state index is 11.7. The molecule has 3 heteroatoms. The van der Waals surface area contributed by atoms with Crippen LogP contribution in [0.4, 0.5) is 0 Å². The van der Waals surface area contributed by atoms with Gasteiger partial charge in [-0.3, -0.25) is 9.69 Å². The van der Waals surface area contributed by atoms with Crippen molar-refractivity contribution >= 4 is 5.91 Å². The molecule has 16 heavy (non-hydrogen) atoms. The average Bonchev–Trinajstić information content (AvgIpc) is 2.63. The molecule has 1 atom stereocenters. The van der Waals surface area contributed by atoms with Crippen molar-refractivity contribution in [2.45, 2.75) is 24.8 Å². The third-order valence-corrected chi connectivity index (χ3v) is 3.61. The molecule has 0 aliphatic carbocycles. The van der Waals surface area contributed by atoms with E-state index in [1.54, 1.807) is 0 Å². The highest BCUT2D eigenvalue weighted by Crippen LogP contribution is 2.31. The van der Waals surface area contributed by atoms with Crippen LogP contribution < -0.4 is 5.73 Å². The first-order chi connectivity index (χ1) is 7.65. The number of amides is 1. The molecule has 2 N–H and O–H groups in total. The number of hydrogen-bond acceptors (Lipinski definition) is 2. The summed E-state index contributed by atoms with van der Waals surface area (Å²) >= 11 is 0. The Morgan fingerprint density at radius 2 is 2.12 bits per heavy atom. The molecular weight excluding hydrogens is 200 g/mol. The Balaban J connectivity index is 2.25. The van der Waals surface area contributed by atoms with Crippen LogP contribution in [0.25, 0.3) is 0 Å². The molecular formula is C13H18N2O. The van der Waals surface area contributed by atoms with Gasteiger partial charge in [0.1, 0.15) is 5.54 Å². The van der Waals surface area contributed by atoms with E-state index in [0.29, 0.717) is 0 Å². The Labute approximate surface area is 96.2 Å². The topological polar surface area (TPSA) is 46.3 Å². The molecule has 1 heterocycles. The number of nitrogens with two attached hydrogens (primary N) is 1. The van der Waals surface area contributed by atoms with Crippen LogP contribution in [0.1, 0.15) is 18.4 Å². The van der Waals surface area contributed by atoms with Crippen LogP contribution in [0.2, 0.25) is 0 Å². The van der Waals surface area contributed by atoms with E-state index < -0.39 is 5.54 Å². The number of rotatable bonds is 3. The van der Waals surface area contributed by atoms with Gasteiger partial charge in [0.05, 0.1) is 0 Å². The van der Waals surface area contributed by atoms with E-state index in [0.717, 1.165) is 25.8 Å². The number of likely N-dealkylation sites (tertiary alicyclic amines) is 1. The number of carbonyl (C=O) groups is 1. The lowest BCUT2D eigenvalue weighted by atomic mass is 9.87. The van der Waals surface area contributed by atoms with Gasteiger partial charge in [-0.1, -0.05) is 30.3 Å². The number of hydrogen-bond donors (Lipinski definition) is 1. The molecule has 1 aliphatic rings. The van der Waals surface area contributed by atoms with Gasteiger partial charge >= 0.3 is 0 Å². The summed E-state index contributed by atoms with van der Waals surface area (Å²) in [6.07, 6.45) is 2.64. The molecule has 0 radical (unpaired) electrons. The summed E-state index contributed by atoms with van der Waals surface area (Å²) in [5.41, 5.74) is 6.30. The molecule has 1 saturated heterocycles. The third kappa shape index (κ3) is 1.83. The highest BCUT2D eigenvalue weighted by molar-refractivity contribution is 5.85. The van der Waals surface area contributed by atoms with Gasteiger partial charge in [0.25, 0.3) is 0 Å². The summed E-state index contributed by atoms with van der Waals surface area (Å²) in [4.78, 5) is 13.8. The van der Waals surface area contributed by atoms with Crippen LogP contribution in [-0.4, -0.2) is 29.9 Å². The molecule has 1 aromatic rings. The summed E-state index contributed by atoms with van der Waals surface area (Å²) in [7, 11) is 1.99. The van der Waals surface area contributed by atoms with E-state index in [-0.39, 0.29) is 5.91 Å². The third-order valence-electron chi connectivity index (χ3n) is 3.61. The first-order valence-corrected chi connectivity index (χ1v) is 5.70. The quantitative estimate of drug-likeness (QED) is 0.828. The summed E-state index contributed by atoms with van der Waals surface area (Å²) in [5, 5.41) is 0. The maximum absolute atomic E-state index is 11.7. The average molecular weight is 218 g/mol. The SMILES string of the molecule is CN1CCC[C@]1(Cc1ccccc1)C(N)=O. The highest BCUT2D eigenvalue weighted by Gasteiger charge is 2.43. The number of carbonyl (C=O) groups excluding carboxylic acids is 1. The molecule has 1 amide bonds. The predicted octanol–water partition coefficient (Wildman–Crippen LogP) is 1.18. The van der Waals surface area contributed by atoms with Crippen molar-refractivity contribution < 1.29 is 4.79 Å². The molecule has 1 fully saturated rings. The van der Waals surface area contributed by atoms with Gasteiger partial charge in [0.15, 0.2) is 0 Å². The van der Waals surface area contributed by atoms with E-state index in [4.69, 9.17) is 5.73 Å². The molecule has 0 unspecified atom stereocenters. The first kappa shape index (κ1) is 11.1. The Kier molecular flexibility index (Phi) is 2.97. The smallest absolute Gasteiger partial charge is 0.238 e. The van der Waals surface area contributed by atoms with Crippen molar-refractivity contribution in [3.8, 4) is 0 Å². The van der Waals surface area contributed by atoms with Crippen LogP contribution >= 0.6 is 0 Å². The normalized spacial score (nSPS) is 25.8. The van der Waals surface area contributed by atoms with Gasteiger partial charge in [0.2, 0.25) is 5.91 Å². The fourth-order valence-electron chi connectivity index (χ4n) is 2.57. The zero-order valence-electron chi connectivity index (χ0n) is 9.65. The number of likely N-dealkylation sites (N-methyl/N-ethyl adjacent to an activating group) is 1. The lowest BCUT2D eigenvalue weighted by Gasteiger charge is -2.33. The van der Waals surface area contributed by atoms with Crippen molar-refractivity contribution in [2.24, 2.45) is 5.73 Å². The predicted molar refractivity (Wildman–Crippen MR) is 63.9 cm³/mol. The Hall–Kier alpha value is -1.35. The van der Waals surface area contributed by atoms with Gasteiger partial charge in [-0.05, 0) is 38.4 Å². The largest absolute Gasteiger partial charge is 0.368 e. The van der Waals surface area contributed by atoms with Gasteiger partial charge in [-0.2, -0.15) is 0 Å². The van der Waals surface area contributed by atoms with Crippen molar-refractivity contribution in [1.82, 2.24) is 4.90 Å². The highest BCUT2D eigenvalue weighted by atomic mass is 16.1. The Morgan fingerprint density at radius 1 is 1.44 bits per heavy atom. The molecule has 0 saturated carbocycles. The van der Waals surface area contributed by atoms with Crippen LogP contribution in [0.5, 0.6) is 0 Å². The second-order valence-corrected chi connectivity index (χ2v) is 4.58. The zero-order chi connectivity index (χ0) is 11.6. The van der Waals surface area contributed by atoms with Crippen LogP contribution in [0.3, 0.4) is 0 Å². The molecule has 1 aromatic carbocycles. The van der Waals surface area contributed by atoms with Crippen molar-refractivity contribution in [1.29, 1.82) is 0 Å². The summed E-state index contributed by atoms with van der Waals surface area (Å²) < 4.78 is 0. The molecule has 0 spiro atoms. The van der Waals surface area contributed by atoms with E-state index in [1.165, 1.54) is 5.56 Å². The molecule has 0 aromatic heterocycles. The van der Waals surface area contributed by atoms with E-state index in [1.807, 2.05) is 25.2 Å². The van der Waals surface area contributed by atoms with E-state index in [2.05, 4.69) is 17.0 Å². The number of primary amides is 1. The van der Waals surface area contributed by atoms with Crippen molar-refractivity contribution in [3.05, 3.63) is 35.9 Å². The van der Waals surface area contributed by atoms with Crippen molar-refractivity contribution in [2.75, 3.05) is 13.6 Å². The molecule has 86 valence electrons. The lowest BCUT2D eigenvalue weighted by molar-refractivity contribution is -0.127.